The Kier molecular flexibility index (Phi) is 6.89. The Morgan fingerprint density at radius 2 is 0.807 bits per heavy atom. The first-order valence-corrected chi connectivity index (χ1v) is 19.3. The zero-order valence-electron chi connectivity index (χ0n) is 30.7. The molecule has 0 saturated carbocycles. The molecular weight excluding hydrogens is 697 g/mol. The van der Waals surface area contributed by atoms with Crippen molar-refractivity contribution in [2.75, 3.05) is 4.90 Å². The van der Waals surface area contributed by atoms with Crippen LogP contribution in [0.4, 0.5) is 17.1 Å². The second kappa shape index (κ2) is 12.4. The highest BCUT2D eigenvalue weighted by molar-refractivity contribution is 6.17. The van der Waals surface area contributed by atoms with Gasteiger partial charge in [-0.05, 0) is 100 Å². The lowest BCUT2D eigenvalue weighted by Crippen LogP contribution is -2.10. The summed E-state index contributed by atoms with van der Waals surface area (Å²) in [6.45, 7) is 0. The van der Waals surface area contributed by atoms with E-state index >= 15 is 0 Å². The normalized spacial score (nSPS) is 11.9. The molecule has 12 rings (SSSR count). The van der Waals surface area contributed by atoms with Crippen LogP contribution in [-0.4, -0.2) is 4.98 Å². The van der Waals surface area contributed by atoms with E-state index in [-0.39, 0.29) is 0 Å². The van der Waals surface area contributed by atoms with E-state index in [4.69, 9.17) is 8.83 Å². The summed E-state index contributed by atoms with van der Waals surface area (Å²) in [6.07, 6.45) is 1.96. The molecule has 12 aromatic rings. The van der Waals surface area contributed by atoms with E-state index in [1.807, 2.05) is 42.6 Å². The Morgan fingerprint density at radius 1 is 0.333 bits per heavy atom. The predicted molar refractivity (Wildman–Crippen MR) is 237 cm³/mol. The molecule has 3 aromatic heterocycles. The van der Waals surface area contributed by atoms with Crippen LogP contribution in [0.2, 0.25) is 0 Å². The fourth-order valence-corrected chi connectivity index (χ4v) is 8.59. The van der Waals surface area contributed by atoms with Crippen LogP contribution in [0.3, 0.4) is 0 Å². The van der Waals surface area contributed by atoms with Crippen molar-refractivity contribution in [1.82, 2.24) is 4.98 Å². The van der Waals surface area contributed by atoms with E-state index in [0.29, 0.717) is 0 Å². The van der Waals surface area contributed by atoms with Crippen LogP contribution in [-0.2, 0) is 0 Å². The van der Waals surface area contributed by atoms with E-state index in [9.17, 15) is 0 Å². The highest BCUT2D eigenvalue weighted by Crippen LogP contribution is 2.43. The van der Waals surface area contributed by atoms with E-state index < -0.39 is 0 Å². The highest BCUT2D eigenvalue weighted by atomic mass is 16.3. The smallest absolute Gasteiger partial charge is 0.143 e. The van der Waals surface area contributed by atoms with Crippen molar-refractivity contribution in [2.24, 2.45) is 0 Å². The second-order valence-corrected chi connectivity index (χ2v) is 14.8. The van der Waals surface area contributed by atoms with Crippen LogP contribution in [0, 0.1) is 0 Å². The topological polar surface area (TPSA) is 42.4 Å². The lowest BCUT2D eigenvalue weighted by molar-refractivity contribution is 0.672. The largest absolute Gasteiger partial charge is 0.455 e. The van der Waals surface area contributed by atoms with Crippen LogP contribution in [0.1, 0.15) is 0 Å². The summed E-state index contributed by atoms with van der Waals surface area (Å²) in [5.74, 6) is 0. The fourth-order valence-electron chi connectivity index (χ4n) is 8.59. The molecule has 57 heavy (non-hydrogen) atoms. The van der Waals surface area contributed by atoms with Gasteiger partial charge in [-0.1, -0.05) is 115 Å². The third-order valence-electron chi connectivity index (χ3n) is 11.5. The van der Waals surface area contributed by atoms with E-state index in [1.165, 1.54) is 0 Å². The maximum Gasteiger partial charge on any atom is 0.143 e. The molecule has 0 aliphatic carbocycles. The number of aromatic nitrogens is 1. The molecule has 266 valence electrons. The van der Waals surface area contributed by atoms with E-state index in [2.05, 4.69) is 162 Å². The molecule has 0 aliphatic rings. The molecule has 0 spiro atoms. The minimum absolute atomic E-state index is 0.893. The summed E-state index contributed by atoms with van der Waals surface area (Å²) in [7, 11) is 0. The van der Waals surface area contributed by atoms with Crippen LogP contribution in [0.25, 0.3) is 98.6 Å². The fraction of sp³-hybridized carbons (Fsp3) is 0. The van der Waals surface area contributed by atoms with Gasteiger partial charge in [0.2, 0.25) is 0 Å². The summed E-state index contributed by atoms with van der Waals surface area (Å²) in [5, 5.41) is 10.0. The van der Waals surface area contributed by atoms with Gasteiger partial charge in [0.15, 0.2) is 0 Å². The van der Waals surface area contributed by atoms with Crippen LogP contribution in [0.5, 0.6) is 0 Å². The third kappa shape index (κ3) is 5.12. The Morgan fingerprint density at radius 3 is 1.40 bits per heavy atom. The average molecular weight is 729 g/mol. The molecule has 3 heterocycles. The number of rotatable bonds is 5. The first-order valence-electron chi connectivity index (χ1n) is 19.3. The van der Waals surface area contributed by atoms with Gasteiger partial charge in [0.25, 0.3) is 0 Å². The molecule has 0 aliphatic heterocycles. The summed E-state index contributed by atoms with van der Waals surface area (Å²) in [4.78, 5) is 7.02. The third-order valence-corrected chi connectivity index (χ3v) is 11.5. The maximum atomic E-state index is 6.53. The van der Waals surface area contributed by atoms with Gasteiger partial charge in [-0.25, -0.2) is 0 Å². The summed E-state index contributed by atoms with van der Waals surface area (Å²) in [5.41, 5.74) is 12.3. The number of para-hydroxylation sites is 3. The Balaban J connectivity index is 0.990. The van der Waals surface area contributed by atoms with Gasteiger partial charge in [-0.3, -0.25) is 4.98 Å². The predicted octanol–water partition coefficient (Wildman–Crippen LogP) is 15.1. The molecule has 0 unspecified atom stereocenters. The van der Waals surface area contributed by atoms with Gasteiger partial charge in [-0.2, -0.15) is 0 Å². The monoisotopic (exact) mass is 728 g/mol. The minimum atomic E-state index is 0.893. The first kappa shape index (κ1) is 31.6. The van der Waals surface area contributed by atoms with Crippen LogP contribution < -0.4 is 4.90 Å². The van der Waals surface area contributed by atoms with Crippen molar-refractivity contribution in [1.29, 1.82) is 0 Å². The quantitative estimate of drug-likeness (QED) is 0.177. The van der Waals surface area contributed by atoms with Gasteiger partial charge in [-0.15, -0.1) is 0 Å². The Bertz CT molecular complexity index is 3370. The second-order valence-electron chi connectivity index (χ2n) is 14.8. The molecule has 4 nitrogen and oxygen atoms in total. The van der Waals surface area contributed by atoms with Crippen LogP contribution >= 0.6 is 0 Å². The van der Waals surface area contributed by atoms with Crippen LogP contribution in [0.15, 0.2) is 203 Å². The van der Waals surface area contributed by atoms with Gasteiger partial charge >= 0.3 is 0 Å². The molecular formula is C53H32N2O2. The zero-order valence-corrected chi connectivity index (χ0v) is 30.7. The van der Waals surface area contributed by atoms with E-state index in [1.54, 1.807) is 0 Å². The Labute approximate surface area is 327 Å². The number of nitrogens with zero attached hydrogens (tertiary/aromatic N) is 2. The molecule has 4 heteroatoms. The lowest BCUT2D eigenvalue weighted by Gasteiger charge is -2.26. The minimum Gasteiger partial charge on any atom is -0.455 e. The van der Waals surface area contributed by atoms with Gasteiger partial charge < -0.3 is 13.7 Å². The van der Waals surface area contributed by atoms with Crippen molar-refractivity contribution >= 4 is 93.4 Å². The molecule has 0 saturated heterocycles. The molecule has 0 atom stereocenters. The Hall–Kier alpha value is -7.69. The first-order chi connectivity index (χ1) is 28.2. The van der Waals surface area contributed by atoms with Gasteiger partial charge in [0.05, 0.1) is 5.52 Å². The number of hydrogen-bond acceptors (Lipinski definition) is 4. The molecule has 0 radical (unpaired) electrons. The molecule has 9 aromatic carbocycles. The number of hydrogen-bond donors (Lipinski definition) is 0. The van der Waals surface area contributed by atoms with Crippen molar-refractivity contribution in [3.8, 4) is 22.3 Å². The highest BCUT2D eigenvalue weighted by Gasteiger charge is 2.18. The lowest BCUT2D eigenvalue weighted by atomic mass is 9.99. The SMILES string of the molecule is c1ccc2ncc(-c3ccc(-c4ccc(N(c5ccc6ccc7c8ccccc8oc7c6c5)c5ccc6ccc7c8ccccc8oc7c6c5)cc4)cc3)cc2c1. The summed E-state index contributed by atoms with van der Waals surface area (Å²) in [6, 6.07) is 66.7. The van der Waals surface area contributed by atoms with E-state index in [0.717, 1.165) is 116 Å². The standard InChI is InChI=1S/C53H32N2O2/c1-4-10-49-38(7-1)29-39(32-54-49)35-15-13-33(14-16-35)34-17-23-40(24-18-34)55(41-25-19-36-21-27-45-43-8-2-5-11-50(43)56-52(45)47(36)30-41)42-26-20-37-22-28-46-44-9-3-6-12-51(44)57-53(46)48(37)31-42/h1-32H. The van der Waals surface area contributed by atoms with Crippen molar-refractivity contribution in [3.63, 3.8) is 0 Å². The molecule has 0 fully saturated rings. The number of furan rings is 2. The molecule has 0 bridgehead atoms. The summed E-state index contributed by atoms with van der Waals surface area (Å²) >= 11 is 0. The number of anilines is 3. The zero-order chi connectivity index (χ0) is 37.5. The summed E-state index contributed by atoms with van der Waals surface area (Å²) < 4.78 is 13.1. The van der Waals surface area contributed by atoms with Gasteiger partial charge in [0.1, 0.15) is 22.3 Å². The van der Waals surface area contributed by atoms with Crippen molar-refractivity contribution in [2.45, 2.75) is 0 Å². The number of fused-ring (bicyclic) bond motifs is 11. The van der Waals surface area contributed by atoms with Crippen molar-refractivity contribution < 1.29 is 8.83 Å². The molecule has 0 N–H and O–H groups in total. The number of benzene rings is 9. The average Bonchev–Trinajstić information content (AvgIpc) is 3.86. The van der Waals surface area contributed by atoms with Gasteiger partial charge in [0, 0.05) is 66.5 Å². The molecule has 0 amide bonds. The maximum absolute atomic E-state index is 6.53. The number of pyridine rings is 1. The van der Waals surface area contributed by atoms with Crippen molar-refractivity contribution in [3.05, 3.63) is 194 Å².